The Morgan fingerprint density at radius 2 is 1.45 bits per heavy atom. The Hall–Kier alpha value is -2.87. The number of rotatable bonds is 2. The number of amides is 1. The van der Waals surface area contributed by atoms with Gasteiger partial charge in [0, 0.05) is 16.6 Å². The van der Waals surface area contributed by atoms with E-state index < -0.39 is 0 Å². The molecule has 106 valence electrons. The van der Waals surface area contributed by atoms with Crippen molar-refractivity contribution in [2.45, 2.75) is 6.92 Å². The van der Waals surface area contributed by atoms with E-state index in [2.05, 4.69) is 60.4 Å². The fraction of sp³-hybridized carbons (Fsp3) is 0.0500. The Morgan fingerprint density at radius 1 is 0.864 bits per heavy atom. The lowest BCUT2D eigenvalue weighted by Gasteiger charge is -2.14. The second-order valence-electron chi connectivity index (χ2n) is 5.70. The van der Waals surface area contributed by atoms with Crippen LogP contribution in [0, 0.1) is 0 Å². The summed E-state index contributed by atoms with van der Waals surface area (Å²) in [5.74, 6) is -0.143. The van der Waals surface area contributed by atoms with Gasteiger partial charge in [-0.15, -0.1) is 0 Å². The highest BCUT2D eigenvalue weighted by atomic mass is 16.1. The van der Waals surface area contributed by atoms with E-state index in [0.717, 1.165) is 11.1 Å². The van der Waals surface area contributed by atoms with Crippen LogP contribution in [0.15, 0.2) is 66.7 Å². The summed E-state index contributed by atoms with van der Waals surface area (Å²) in [6.07, 6.45) is 0. The van der Waals surface area contributed by atoms with Crippen molar-refractivity contribution in [2.75, 3.05) is 5.32 Å². The Bertz CT molecular complexity index is 1030. The quantitative estimate of drug-likeness (QED) is 0.403. The Balaban J connectivity index is 2.08. The molecular weight excluding hydrogens is 270 g/mol. The van der Waals surface area contributed by atoms with Gasteiger partial charge in [-0.3, -0.25) is 4.79 Å². The zero-order valence-corrected chi connectivity index (χ0v) is 12.3. The molecule has 1 amide bonds. The third kappa shape index (κ3) is 1.77. The summed E-state index contributed by atoms with van der Waals surface area (Å²) < 4.78 is 0. The maximum atomic E-state index is 12.0. The minimum atomic E-state index is -0.143. The maximum absolute atomic E-state index is 12.0. The smallest absolute Gasteiger partial charge is 0.250 e. The second-order valence-corrected chi connectivity index (χ2v) is 5.70. The molecule has 0 unspecified atom stereocenters. The number of carbonyl (C=O) groups excluding carboxylic acids is 1. The number of carbonyl (C=O) groups is 1. The molecule has 0 bridgehead atoms. The Kier molecular flexibility index (Phi) is 2.67. The second kappa shape index (κ2) is 4.57. The molecule has 0 aromatic heterocycles. The Labute approximate surface area is 128 Å². The molecule has 0 aliphatic rings. The van der Waals surface area contributed by atoms with Crippen LogP contribution in [0.2, 0.25) is 0 Å². The van der Waals surface area contributed by atoms with Gasteiger partial charge in [-0.25, -0.2) is 0 Å². The molecule has 4 rings (SSSR count). The van der Waals surface area contributed by atoms with Gasteiger partial charge in [0.2, 0.25) is 0 Å². The van der Waals surface area contributed by atoms with Crippen LogP contribution < -0.4 is 5.32 Å². The summed E-state index contributed by atoms with van der Waals surface area (Å²) >= 11 is 0. The molecule has 0 aliphatic carbocycles. The molecule has 0 fully saturated rings. The molecule has 2 heteroatoms. The van der Waals surface area contributed by atoms with Gasteiger partial charge in [-0.2, -0.15) is 0 Å². The largest absolute Gasteiger partial charge is 0.322 e. The molecule has 2 nitrogen and oxygen atoms in total. The van der Waals surface area contributed by atoms with Crippen LogP contribution in [0.3, 0.4) is 0 Å². The van der Waals surface area contributed by atoms with Crippen molar-refractivity contribution in [3.05, 3.63) is 66.7 Å². The molecule has 4 aromatic rings. The van der Waals surface area contributed by atoms with Crippen molar-refractivity contribution in [1.82, 2.24) is 0 Å². The van der Waals surface area contributed by atoms with Crippen molar-refractivity contribution in [2.24, 2.45) is 0 Å². The van der Waals surface area contributed by atoms with E-state index in [1.165, 1.54) is 26.9 Å². The molecule has 0 saturated carbocycles. The summed E-state index contributed by atoms with van der Waals surface area (Å²) in [5, 5.41) is 10.1. The van der Waals surface area contributed by atoms with Crippen molar-refractivity contribution in [3.8, 4) is 0 Å². The zero-order chi connectivity index (χ0) is 15.3. The van der Waals surface area contributed by atoms with Gasteiger partial charge >= 0.3 is 0 Å². The molecule has 0 atom stereocenters. The maximum Gasteiger partial charge on any atom is 0.250 e. The van der Waals surface area contributed by atoms with Crippen LogP contribution in [0.25, 0.3) is 32.3 Å². The number of benzene rings is 4. The van der Waals surface area contributed by atoms with E-state index in [1.54, 1.807) is 6.92 Å². The average molecular weight is 285 g/mol. The molecule has 0 spiro atoms. The van der Waals surface area contributed by atoms with Crippen LogP contribution in [-0.2, 0) is 4.79 Å². The highest BCUT2D eigenvalue weighted by Gasteiger charge is 2.12. The average Bonchev–Trinajstić information content (AvgIpc) is 2.53. The van der Waals surface area contributed by atoms with E-state index >= 15 is 0 Å². The molecule has 4 aromatic carbocycles. The van der Waals surface area contributed by atoms with Crippen molar-refractivity contribution in [1.29, 1.82) is 0 Å². The summed E-state index contributed by atoms with van der Waals surface area (Å²) in [5.41, 5.74) is 1.34. The van der Waals surface area contributed by atoms with E-state index in [1.807, 2.05) is 6.07 Å². The Morgan fingerprint density at radius 3 is 2.14 bits per heavy atom. The number of nitrogens with one attached hydrogen (secondary N) is 1. The third-order valence-electron chi connectivity index (χ3n) is 4.16. The minimum Gasteiger partial charge on any atom is -0.322 e. The highest BCUT2D eigenvalue weighted by Crippen LogP contribution is 2.37. The van der Waals surface area contributed by atoms with Gasteiger partial charge in [0.25, 0.3) is 5.91 Å². The molecule has 0 radical (unpaired) electrons. The van der Waals surface area contributed by atoms with Gasteiger partial charge < -0.3 is 5.32 Å². The SMILES string of the molecule is C=C(C)C(=O)Nc1ccc2ccc3cccc4ccc1c2c34. The van der Waals surface area contributed by atoms with Crippen molar-refractivity contribution >= 4 is 43.9 Å². The van der Waals surface area contributed by atoms with E-state index in [4.69, 9.17) is 0 Å². The van der Waals surface area contributed by atoms with Crippen LogP contribution >= 0.6 is 0 Å². The molecular formula is C20H15NO. The molecule has 0 aliphatic heterocycles. The first kappa shape index (κ1) is 12.8. The molecule has 1 N–H and O–H groups in total. The topological polar surface area (TPSA) is 29.1 Å². The lowest BCUT2D eigenvalue weighted by molar-refractivity contribution is -0.112. The number of hydrogen-bond donors (Lipinski definition) is 1. The first-order valence-corrected chi connectivity index (χ1v) is 7.28. The number of hydrogen-bond acceptors (Lipinski definition) is 1. The van der Waals surface area contributed by atoms with Crippen LogP contribution in [-0.4, -0.2) is 5.91 Å². The first-order chi connectivity index (χ1) is 10.6. The number of anilines is 1. The lowest BCUT2D eigenvalue weighted by Crippen LogP contribution is -2.12. The van der Waals surface area contributed by atoms with E-state index in [9.17, 15) is 4.79 Å². The van der Waals surface area contributed by atoms with Gasteiger partial charge in [0.05, 0.1) is 0 Å². The van der Waals surface area contributed by atoms with Crippen molar-refractivity contribution < 1.29 is 4.79 Å². The molecule has 0 heterocycles. The first-order valence-electron chi connectivity index (χ1n) is 7.28. The monoisotopic (exact) mass is 285 g/mol. The third-order valence-corrected chi connectivity index (χ3v) is 4.16. The van der Waals surface area contributed by atoms with Gasteiger partial charge in [-0.05, 0) is 39.9 Å². The molecule has 22 heavy (non-hydrogen) atoms. The fourth-order valence-corrected chi connectivity index (χ4v) is 3.07. The van der Waals surface area contributed by atoms with E-state index in [0.29, 0.717) is 5.57 Å². The van der Waals surface area contributed by atoms with Gasteiger partial charge in [0.15, 0.2) is 0 Å². The van der Waals surface area contributed by atoms with Crippen molar-refractivity contribution in [3.63, 3.8) is 0 Å². The van der Waals surface area contributed by atoms with Crippen LogP contribution in [0.4, 0.5) is 5.69 Å². The standard InChI is InChI=1S/C20H15NO/c1-12(2)20(22)21-17-11-9-15-7-6-13-4-3-5-14-8-10-16(17)19(15)18(13)14/h3-11H,1H2,2H3,(H,21,22). The molecule has 0 saturated heterocycles. The summed E-state index contributed by atoms with van der Waals surface area (Å²) in [6, 6.07) is 18.8. The summed E-state index contributed by atoms with van der Waals surface area (Å²) in [7, 11) is 0. The predicted octanol–water partition coefficient (Wildman–Crippen LogP) is 5.10. The van der Waals surface area contributed by atoms with Gasteiger partial charge in [-0.1, -0.05) is 55.1 Å². The van der Waals surface area contributed by atoms with Gasteiger partial charge in [0.1, 0.15) is 0 Å². The highest BCUT2D eigenvalue weighted by molar-refractivity contribution is 6.26. The van der Waals surface area contributed by atoms with Crippen LogP contribution in [0.1, 0.15) is 6.92 Å². The summed E-state index contributed by atoms with van der Waals surface area (Å²) in [4.78, 5) is 12.0. The minimum absolute atomic E-state index is 0.143. The fourth-order valence-electron chi connectivity index (χ4n) is 3.07. The lowest BCUT2D eigenvalue weighted by atomic mass is 9.93. The summed E-state index contributed by atoms with van der Waals surface area (Å²) in [6.45, 7) is 5.41. The van der Waals surface area contributed by atoms with E-state index in [-0.39, 0.29) is 5.91 Å². The zero-order valence-electron chi connectivity index (χ0n) is 12.3. The predicted molar refractivity (Wildman–Crippen MR) is 93.6 cm³/mol. The van der Waals surface area contributed by atoms with Crippen LogP contribution in [0.5, 0.6) is 0 Å². The normalized spacial score (nSPS) is 11.3.